The van der Waals surface area contributed by atoms with Crippen molar-refractivity contribution in [2.45, 2.75) is 25.6 Å². The fourth-order valence-electron chi connectivity index (χ4n) is 4.06. The van der Waals surface area contributed by atoms with E-state index in [2.05, 4.69) is 25.5 Å². The summed E-state index contributed by atoms with van der Waals surface area (Å²) in [5.41, 5.74) is 2.80. The first-order valence-corrected chi connectivity index (χ1v) is 12.4. The molecule has 2 aliphatic heterocycles. The van der Waals surface area contributed by atoms with Crippen molar-refractivity contribution in [3.63, 3.8) is 0 Å². The van der Waals surface area contributed by atoms with Crippen molar-refractivity contribution in [1.82, 2.24) is 15.0 Å². The van der Waals surface area contributed by atoms with Crippen molar-refractivity contribution in [3.05, 3.63) is 54.1 Å². The Labute approximate surface area is 214 Å². The number of nitrogens with zero attached hydrogens (tertiary/aromatic N) is 4. The number of hydrogen-bond acceptors (Lipinski definition) is 9. The first-order chi connectivity index (χ1) is 18.2. The van der Waals surface area contributed by atoms with Gasteiger partial charge in [0.05, 0.1) is 33.0 Å². The summed E-state index contributed by atoms with van der Waals surface area (Å²) in [4.78, 5) is 28.4. The van der Waals surface area contributed by atoms with Gasteiger partial charge in [-0.3, -0.25) is 0 Å². The van der Waals surface area contributed by atoms with Crippen molar-refractivity contribution >= 4 is 23.4 Å². The number of morpholine rings is 1. The minimum absolute atomic E-state index is 0.00599. The topological polar surface area (TPSA) is 131 Å². The molecule has 2 aliphatic rings. The van der Waals surface area contributed by atoms with Gasteiger partial charge in [-0.25, -0.2) is 4.79 Å². The van der Waals surface area contributed by atoms with Crippen LogP contribution in [-0.2, 0) is 16.1 Å². The molecule has 2 aromatic carbocycles. The van der Waals surface area contributed by atoms with E-state index in [0.717, 1.165) is 24.0 Å². The zero-order chi connectivity index (χ0) is 25.5. The zero-order valence-electron chi connectivity index (χ0n) is 20.4. The average Bonchev–Trinajstić information content (AvgIpc) is 2.95. The van der Waals surface area contributed by atoms with Crippen LogP contribution in [-0.4, -0.2) is 71.7 Å². The number of rotatable bonds is 7. The lowest BCUT2D eigenvalue weighted by atomic mass is 10.2. The van der Waals surface area contributed by atoms with Gasteiger partial charge in [0.1, 0.15) is 6.10 Å². The second kappa shape index (κ2) is 12.0. The molecule has 3 heterocycles. The molecule has 0 bridgehead atoms. The van der Waals surface area contributed by atoms with Gasteiger partial charge in [-0.2, -0.15) is 15.0 Å². The fraction of sp³-hybridized carbons (Fsp3) is 0.385. The third-order valence-electron chi connectivity index (χ3n) is 6.13. The van der Waals surface area contributed by atoms with Gasteiger partial charge in [0.25, 0.3) is 0 Å². The van der Waals surface area contributed by atoms with E-state index in [9.17, 15) is 4.79 Å². The van der Waals surface area contributed by atoms with Crippen LogP contribution in [0.2, 0.25) is 0 Å². The van der Waals surface area contributed by atoms with Gasteiger partial charge < -0.3 is 34.9 Å². The average molecular weight is 507 g/mol. The summed E-state index contributed by atoms with van der Waals surface area (Å²) in [6.45, 7) is 3.90. The Kier molecular flexibility index (Phi) is 8.04. The van der Waals surface area contributed by atoms with Crippen LogP contribution in [0.25, 0.3) is 11.4 Å². The number of benzene rings is 2. The quantitative estimate of drug-likeness (QED) is 0.442. The first kappa shape index (κ1) is 24.9. The van der Waals surface area contributed by atoms with Crippen LogP contribution >= 0.6 is 0 Å². The molecule has 0 radical (unpaired) electrons. The van der Waals surface area contributed by atoms with Crippen molar-refractivity contribution in [3.8, 4) is 17.4 Å². The summed E-state index contributed by atoms with van der Waals surface area (Å²) in [5, 5.41) is 14.7. The maximum atomic E-state index is 12.4. The van der Waals surface area contributed by atoms with E-state index in [-0.39, 0.29) is 18.7 Å². The van der Waals surface area contributed by atoms with Crippen molar-refractivity contribution in [1.29, 1.82) is 0 Å². The second-order valence-corrected chi connectivity index (χ2v) is 8.78. The van der Waals surface area contributed by atoms with Crippen LogP contribution in [0.15, 0.2) is 48.5 Å². The molecule has 2 fully saturated rings. The van der Waals surface area contributed by atoms with E-state index in [1.807, 2.05) is 12.1 Å². The molecule has 1 aromatic heterocycles. The molecular weight excluding hydrogens is 476 g/mol. The number of aliphatic hydroxyl groups is 1. The number of ether oxygens (including phenoxy) is 3. The summed E-state index contributed by atoms with van der Waals surface area (Å²) in [6.07, 6.45) is 1.59. The number of carbonyl (C=O) groups excluding carboxylic acids is 1. The lowest BCUT2D eigenvalue weighted by Crippen LogP contribution is -2.37. The molecule has 0 saturated carbocycles. The molecule has 0 spiro atoms. The lowest BCUT2D eigenvalue weighted by molar-refractivity contribution is 0.0217. The molecule has 0 aliphatic carbocycles. The number of amides is 2. The molecular formula is C26H30N6O5. The number of aromatic nitrogens is 3. The van der Waals surface area contributed by atoms with E-state index in [0.29, 0.717) is 68.7 Å². The third kappa shape index (κ3) is 6.70. The van der Waals surface area contributed by atoms with Crippen molar-refractivity contribution in [2.24, 2.45) is 0 Å². The molecule has 3 aromatic rings. The second-order valence-electron chi connectivity index (χ2n) is 8.78. The Morgan fingerprint density at radius 3 is 2.16 bits per heavy atom. The highest BCUT2D eigenvalue weighted by atomic mass is 16.5. The summed E-state index contributed by atoms with van der Waals surface area (Å²) in [7, 11) is 0. The van der Waals surface area contributed by atoms with Gasteiger partial charge in [0.2, 0.25) is 5.95 Å². The molecule has 194 valence electrons. The molecule has 0 unspecified atom stereocenters. The highest BCUT2D eigenvalue weighted by Gasteiger charge is 2.21. The monoisotopic (exact) mass is 506 g/mol. The molecule has 3 N–H and O–H groups in total. The molecule has 2 amide bonds. The lowest BCUT2D eigenvalue weighted by Gasteiger charge is -2.27. The molecule has 11 heteroatoms. The normalized spacial score (nSPS) is 16.3. The van der Waals surface area contributed by atoms with E-state index in [1.165, 1.54) is 0 Å². The van der Waals surface area contributed by atoms with Crippen LogP contribution in [0.5, 0.6) is 6.01 Å². The maximum absolute atomic E-state index is 12.4. The van der Waals surface area contributed by atoms with Crippen molar-refractivity contribution in [2.75, 3.05) is 55.1 Å². The van der Waals surface area contributed by atoms with Gasteiger partial charge in [0, 0.05) is 42.9 Å². The highest BCUT2D eigenvalue weighted by molar-refractivity contribution is 5.99. The van der Waals surface area contributed by atoms with Gasteiger partial charge in [0.15, 0.2) is 5.82 Å². The Bertz CT molecular complexity index is 1180. The van der Waals surface area contributed by atoms with Crippen LogP contribution < -0.4 is 20.3 Å². The largest absolute Gasteiger partial charge is 0.460 e. The Hall–Kier alpha value is -3.80. The van der Waals surface area contributed by atoms with Crippen LogP contribution in [0, 0.1) is 0 Å². The van der Waals surface area contributed by atoms with E-state index < -0.39 is 0 Å². The minimum Gasteiger partial charge on any atom is -0.460 e. The van der Waals surface area contributed by atoms with Crippen LogP contribution in [0.3, 0.4) is 0 Å². The Balaban J connectivity index is 1.30. The Morgan fingerprint density at radius 2 is 1.51 bits per heavy atom. The molecule has 11 nitrogen and oxygen atoms in total. The zero-order valence-corrected chi connectivity index (χ0v) is 20.4. The van der Waals surface area contributed by atoms with Crippen molar-refractivity contribution < 1.29 is 24.1 Å². The highest BCUT2D eigenvalue weighted by Crippen LogP contribution is 2.24. The summed E-state index contributed by atoms with van der Waals surface area (Å²) >= 11 is 0. The third-order valence-corrected chi connectivity index (χ3v) is 6.13. The smallest absolute Gasteiger partial charge is 0.323 e. The maximum Gasteiger partial charge on any atom is 0.323 e. The predicted octanol–water partition coefficient (Wildman–Crippen LogP) is 3.07. The number of anilines is 3. The molecule has 5 rings (SSSR count). The van der Waals surface area contributed by atoms with E-state index in [4.69, 9.17) is 24.3 Å². The predicted molar refractivity (Wildman–Crippen MR) is 138 cm³/mol. The SMILES string of the molecule is O=C(Nc1ccc(CO)cc1)Nc1ccc(-c2nc(OC3CCOCC3)nc(N3CCOCC3)n2)cc1. The van der Waals surface area contributed by atoms with Gasteiger partial charge in [-0.1, -0.05) is 12.1 Å². The number of carbonyl (C=O) groups is 1. The summed E-state index contributed by atoms with van der Waals surface area (Å²) in [5.74, 6) is 1.06. The van der Waals surface area contributed by atoms with Gasteiger partial charge >= 0.3 is 12.0 Å². The first-order valence-electron chi connectivity index (χ1n) is 12.4. The van der Waals surface area contributed by atoms with E-state index in [1.54, 1.807) is 36.4 Å². The Morgan fingerprint density at radius 1 is 0.892 bits per heavy atom. The van der Waals surface area contributed by atoms with Crippen LogP contribution in [0.1, 0.15) is 18.4 Å². The number of aliphatic hydroxyl groups excluding tert-OH is 1. The molecule has 37 heavy (non-hydrogen) atoms. The molecule has 2 saturated heterocycles. The standard InChI is InChI=1S/C26H30N6O5/c33-17-18-1-5-20(6-2-18)27-25(34)28-21-7-3-19(4-8-21)23-29-24(32-11-15-36-16-12-32)31-26(30-23)37-22-9-13-35-14-10-22/h1-8,22,33H,9-17H2,(H2,27,28,34). The number of nitrogens with one attached hydrogen (secondary N) is 2. The number of urea groups is 1. The minimum atomic E-state index is -0.369. The summed E-state index contributed by atoms with van der Waals surface area (Å²) < 4.78 is 17.0. The van der Waals surface area contributed by atoms with Gasteiger partial charge in [-0.05, 0) is 42.0 Å². The van der Waals surface area contributed by atoms with E-state index >= 15 is 0 Å². The molecule has 0 atom stereocenters. The number of hydrogen-bond donors (Lipinski definition) is 3. The van der Waals surface area contributed by atoms with Gasteiger partial charge in [-0.15, -0.1) is 0 Å². The summed E-state index contributed by atoms with van der Waals surface area (Å²) in [6, 6.07) is 14.2. The fourth-order valence-corrected chi connectivity index (χ4v) is 4.06. The van der Waals surface area contributed by atoms with Crippen LogP contribution in [0.4, 0.5) is 22.1 Å².